The van der Waals surface area contributed by atoms with Gasteiger partial charge in [0.1, 0.15) is 29.7 Å². The maximum atomic E-state index is 12.3. The Bertz CT molecular complexity index is 629. The quantitative estimate of drug-likeness (QED) is 0.449. The van der Waals surface area contributed by atoms with E-state index in [0.717, 1.165) is 24.6 Å². The number of benzene rings is 1. The molecule has 0 saturated carbocycles. The van der Waals surface area contributed by atoms with Gasteiger partial charge in [-0.3, -0.25) is 4.79 Å². The van der Waals surface area contributed by atoms with E-state index in [1.807, 2.05) is 37.4 Å². The predicted octanol–water partition coefficient (Wildman–Crippen LogP) is 0.845. The smallest absolute Gasteiger partial charge is 0.266 e. The molecule has 2 rings (SSSR count). The fourth-order valence-electron chi connectivity index (χ4n) is 2.40. The second-order valence-electron chi connectivity index (χ2n) is 5.74. The Labute approximate surface area is 148 Å². The van der Waals surface area contributed by atoms with Crippen molar-refractivity contribution in [3.05, 3.63) is 36.0 Å². The first-order valence-corrected chi connectivity index (χ1v) is 8.22. The van der Waals surface area contributed by atoms with E-state index < -0.39 is 0 Å². The number of amides is 1. The average Bonchev–Trinajstić information content (AvgIpc) is 2.65. The number of rotatable bonds is 7. The second kappa shape index (κ2) is 9.55. The van der Waals surface area contributed by atoms with Crippen LogP contribution in [0.4, 0.5) is 0 Å². The van der Waals surface area contributed by atoms with Crippen LogP contribution in [-0.4, -0.2) is 69.2 Å². The number of methoxy groups -OCH3 is 1. The van der Waals surface area contributed by atoms with E-state index in [0.29, 0.717) is 26.2 Å². The maximum Gasteiger partial charge on any atom is 0.266 e. The number of ether oxygens (including phenoxy) is 2. The molecule has 1 heterocycles. The zero-order valence-electron chi connectivity index (χ0n) is 14.7. The lowest BCUT2D eigenvalue weighted by molar-refractivity contribution is -0.128. The summed E-state index contributed by atoms with van der Waals surface area (Å²) in [5.41, 5.74) is 0.119. The molecule has 0 atom stereocenters. The van der Waals surface area contributed by atoms with Gasteiger partial charge in [-0.05, 0) is 31.3 Å². The van der Waals surface area contributed by atoms with Crippen LogP contribution in [0.3, 0.4) is 0 Å². The van der Waals surface area contributed by atoms with E-state index in [9.17, 15) is 10.1 Å². The molecule has 0 aromatic heterocycles. The molecule has 1 amide bonds. The number of nitrogens with one attached hydrogen (secondary N) is 1. The summed E-state index contributed by atoms with van der Waals surface area (Å²) in [6.45, 7) is 3.86. The topological polar surface area (TPSA) is 77.8 Å². The Morgan fingerprint density at radius 3 is 2.48 bits per heavy atom. The van der Waals surface area contributed by atoms with Crippen molar-refractivity contribution in [1.29, 1.82) is 5.26 Å². The van der Waals surface area contributed by atoms with Crippen LogP contribution in [0.2, 0.25) is 0 Å². The van der Waals surface area contributed by atoms with Crippen LogP contribution in [0.15, 0.2) is 36.0 Å². The minimum absolute atomic E-state index is 0.119. The van der Waals surface area contributed by atoms with Crippen molar-refractivity contribution in [3.63, 3.8) is 0 Å². The second-order valence-corrected chi connectivity index (χ2v) is 5.74. The number of carbonyl (C=O) groups is 1. The molecule has 0 spiro atoms. The van der Waals surface area contributed by atoms with Gasteiger partial charge in [0.15, 0.2) is 0 Å². The highest BCUT2D eigenvalue weighted by atomic mass is 16.5. The molecule has 25 heavy (non-hydrogen) atoms. The van der Waals surface area contributed by atoms with E-state index >= 15 is 0 Å². The number of likely N-dealkylation sites (N-methyl/N-ethyl adjacent to an activating group) is 1. The third-order valence-corrected chi connectivity index (χ3v) is 3.96. The van der Waals surface area contributed by atoms with Crippen molar-refractivity contribution in [2.45, 2.75) is 0 Å². The van der Waals surface area contributed by atoms with Crippen LogP contribution in [-0.2, 0) is 4.79 Å². The molecule has 1 N–H and O–H groups in total. The standard InChI is InChI=1S/C18H24N4O3/c1-21-8-10-22(11-9-21)18(23)15(13-19)14-20-7-12-25-17-5-3-16(24-2)4-6-17/h3-6,14,20H,7-12H2,1-2H3/b15-14-. The Morgan fingerprint density at radius 1 is 1.24 bits per heavy atom. The molecule has 0 aliphatic carbocycles. The minimum Gasteiger partial charge on any atom is -0.497 e. The number of hydrogen-bond acceptors (Lipinski definition) is 6. The van der Waals surface area contributed by atoms with Crippen molar-refractivity contribution in [2.75, 3.05) is 53.5 Å². The molecule has 7 heteroatoms. The third kappa shape index (κ3) is 5.69. The fraction of sp³-hybridized carbons (Fsp3) is 0.444. The van der Waals surface area contributed by atoms with Crippen LogP contribution in [0, 0.1) is 11.3 Å². The first-order chi connectivity index (χ1) is 12.1. The van der Waals surface area contributed by atoms with Gasteiger partial charge in [0, 0.05) is 38.9 Å². The van der Waals surface area contributed by atoms with Crippen molar-refractivity contribution in [1.82, 2.24) is 15.1 Å². The van der Waals surface area contributed by atoms with Gasteiger partial charge in [-0.15, -0.1) is 0 Å². The van der Waals surface area contributed by atoms with Crippen LogP contribution in [0.1, 0.15) is 0 Å². The summed E-state index contributed by atoms with van der Waals surface area (Å²) in [6.07, 6.45) is 1.47. The van der Waals surface area contributed by atoms with E-state index in [-0.39, 0.29) is 11.5 Å². The number of piperazine rings is 1. The fourth-order valence-corrected chi connectivity index (χ4v) is 2.40. The maximum absolute atomic E-state index is 12.3. The predicted molar refractivity (Wildman–Crippen MR) is 94.3 cm³/mol. The molecule has 1 aliphatic rings. The van der Waals surface area contributed by atoms with Crippen molar-refractivity contribution in [3.8, 4) is 17.6 Å². The van der Waals surface area contributed by atoms with E-state index in [1.54, 1.807) is 12.0 Å². The summed E-state index contributed by atoms with van der Waals surface area (Å²) >= 11 is 0. The van der Waals surface area contributed by atoms with E-state index in [1.165, 1.54) is 6.20 Å². The van der Waals surface area contributed by atoms with Gasteiger partial charge in [-0.1, -0.05) is 0 Å². The largest absolute Gasteiger partial charge is 0.497 e. The van der Waals surface area contributed by atoms with Crippen LogP contribution in [0.5, 0.6) is 11.5 Å². The summed E-state index contributed by atoms with van der Waals surface area (Å²) in [6, 6.07) is 9.27. The summed E-state index contributed by atoms with van der Waals surface area (Å²) in [5, 5.41) is 12.2. The first-order valence-electron chi connectivity index (χ1n) is 8.22. The Morgan fingerprint density at radius 2 is 1.88 bits per heavy atom. The van der Waals surface area contributed by atoms with Gasteiger partial charge in [0.2, 0.25) is 0 Å². The van der Waals surface area contributed by atoms with Crippen LogP contribution < -0.4 is 14.8 Å². The van der Waals surface area contributed by atoms with Crippen molar-refractivity contribution < 1.29 is 14.3 Å². The van der Waals surface area contributed by atoms with Gasteiger partial charge in [-0.25, -0.2) is 0 Å². The highest BCUT2D eigenvalue weighted by molar-refractivity contribution is 5.97. The van der Waals surface area contributed by atoms with Gasteiger partial charge in [-0.2, -0.15) is 5.26 Å². The summed E-state index contributed by atoms with van der Waals surface area (Å²) in [4.78, 5) is 16.2. The molecule has 1 aliphatic heterocycles. The van der Waals surface area contributed by atoms with E-state index in [4.69, 9.17) is 9.47 Å². The molecule has 1 aromatic carbocycles. The lowest BCUT2D eigenvalue weighted by Gasteiger charge is -2.32. The lowest BCUT2D eigenvalue weighted by Crippen LogP contribution is -2.47. The number of carbonyl (C=O) groups excluding carboxylic acids is 1. The molecular formula is C18H24N4O3. The molecule has 1 aromatic rings. The Hall–Kier alpha value is -2.72. The number of nitrogens with zero attached hydrogens (tertiary/aromatic N) is 3. The normalized spacial score (nSPS) is 15.4. The molecule has 134 valence electrons. The SMILES string of the molecule is COc1ccc(OCCN/C=C(/C#N)C(=O)N2CCN(C)CC2)cc1. The summed E-state index contributed by atoms with van der Waals surface area (Å²) < 4.78 is 10.7. The molecule has 7 nitrogen and oxygen atoms in total. The molecule has 0 unspecified atom stereocenters. The number of hydrogen-bond donors (Lipinski definition) is 1. The Kier molecular flexibility index (Phi) is 7.11. The average molecular weight is 344 g/mol. The molecule has 0 radical (unpaired) electrons. The summed E-state index contributed by atoms with van der Waals surface area (Å²) in [7, 11) is 3.63. The van der Waals surface area contributed by atoms with Crippen molar-refractivity contribution >= 4 is 5.91 Å². The molecule has 1 fully saturated rings. The zero-order valence-corrected chi connectivity index (χ0v) is 14.7. The minimum atomic E-state index is -0.223. The lowest BCUT2D eigenvalue weighted by atomic mass is 10.2. The van der Waals surface area contributed by atoms with Gasteiger partial charge < -0.3 is 24.6 Å². The summed E-state index contributed by atoms with van der Waals surface area (Å²) in [5.74, 6) is 1.29. The van der Waals surface area contributed by atoms with Crippen LogP contribution in [0.25, 0.3) is 0 Å². The monoisotopic (exact) mass is 344 g/mol. The highest BCUT2D eigenvalue weighted by Crippen LogP contribution is 2.16. The molecule has 0 bridgehead atoms. The third-order valence-electron chi connectivity index (χ3n) is 3.96. The van der Waals surface area contributed by atoms with Gasteiger partial charge >= 0.3 is 0 Å². The number of nitriles is 1. The highest BCUT2D eigenvalue weighted by Gasteiger charge is 2.21. The van der Waals surface area contributed by atoms with E-state index in [2.05, 4.69) is 10.2 Å². The molecular weight excluding hydrogens is 320 g/mol. The van der Waals surface area contributed by atoms with Gasteiger partial charge in [0.25, 0.3) is 5.91 Å². The first kappa shape index (κ1) is 18.6. The molecule has 1 saturated heterocycles. The van der Waals surface area contributed by atoms with Gasteiger partial charge in [0.05, 0.1) is 7.11 Å². The van der Waals surface area contributed by atoms with Crippen molar-refractivity contribution in [2.24, 2.45) is 0 Å². The van der Waals surface area contributed by atoms with Crippen LogP contribution >= 0.6 is 0 Å². The zero-order chi connectivity index (χ0) is 18.1. The Balaban J connectivity index is 1.75.